The number of carbonyl (C=O) groups is 2. The third-order valence-corrected chi connectivity index (χ3v) is 6.41. The number of aromatic amines is 1. The predicted molar refractivity (Wildman–Crippen MR) is 134 cm³/mol. The van der Waals surface area contributed by atoms with E-state index in [4.69, 9.17) is 9.47 Å². The van der Waals surface area contributed by atoms with E-state index in [-0.39, 0.29) is 12.5 Å². The van der Waals surface area contributed by atoms with Crippen molar-refractivity contribution in [2.45, 2.75) is 39.4 Å². The molecule has 1 saturated heterocycles. The maximum absolute atomic E-state index is 12.5. The SMILES string of the molecule is C[n+]1c(COc2ccc(C[C@@H]3CN(C(=O)OC(C)(C)C)C[C@@H]3C(=O)O)cc2)c[nH]c1-c1ccccc1. The Morgan fingerprint density at radius 3 is 2.42 bits per heavy atom. The number of aliphatic carboxylic acids is 1. The van der Waals surface area contributed by atoms with E-state index in [1.807, 2.05) is 55.7 Å². The maximum Gasteiger partial charge on any atom is 0.410 e. The molecule has 1 amide bonds. The van der Waals surface area contributed by atoms with Gasteiger partial charge in [0.15, 0.2) is 12.3 Å². The highest BCUT2D eigenvalue weighted by Gasteiger charge is 2.41. The molecule has 36 heavy (non-hydrogen) atoms. The smallest absolute Gasteiger partial charge is 0.410 e. The molecule has 3 aromatic rings. The van der Waals surface area contributed by atoms with Gasteiger partial charge in [-0.15, -0.1) is 0 Å². The summed E-state index contributed by atoms with van der Waals surface area (Å²) in [5.74, 6) is 0.0468. The molecule has 190 valence electrons. The molecule has 0 unspecified atom stereocenters. The first kappa shape index (κ1) is 25.3. The van der Waals surface area contributed by atoms with Gasteiger partial charge in [0.1, 0.15) is 17.5 Å². The van der Waals surface area contributed by atoms with Gasteiger partial charge in [-0.25, -0.2) is 14.3 Å². The molecule has 1 aliphatic rings. The first-order chi connectivity index (χ1) is 17.1. The van der Waals surface area contributed by atoms with Crippen LogP contribution in [-0.2, 0) is 29.6 Å². The molecule has 8 heteroatoms. The van der Waals surface area contributed by atoms with Gasteiger partial charge in [0.05, 0.1) is 18.5 Å². The largest absolute Gasteiger partial charge is 0.485 e. The van der Waals surface area contributed by atoms with Crippen LogP contribution in [0.4, 0.5) is 4.79 Å². The van der Waals surface area contributed by atoms with E-state index in [0.717, 1.165) is 28.4 Å². The molecule has 2 atom stereocenters. The quantitative estimate of drug-likeness (QED) is 0.482. The molecule has 1 fully saturated rings. The van der Waals surface area contributed by atoms with Gasteiger partial charge in [-0.1, -0.05) is 30.3 Å². The lowest BCUT2D eigenvalue weighted by Crippen LogP contribution is -2.36. The number of hydrogen-bond acceptors (Lipinski definition) is 4. The summed E-state index contributed by atoms with van der Waals surface area (Å²) in [6.07, 6.45) is 2.04. The number of nitrogens with one attached hydrogen (secondary N) is 1. The molecular formula is C28H34N3O5+. The summed E-state index contributed by atoms with van der Waals surface area (Å²) in [5, 5.41) is 9.71. The molecule has 0 aliphatic carbocycles. The highest BCUT2D eigenvalue weighted by atomic mass is 16.6. The van der Waals surface area contributed by atoms with Crippen molar-refractivity contribution in [1.29, 1.82) is 0 Å². The number of likely N-dealkylation sites (tertiary alicyclic amines) is 1. The van der Waals surface area contributed by atoms with Crippen LogP contribution in [0.3, 0.4) is 0 Å². The van der Waals surface area contributed by atoms with E-state index < -0.39 is 23.6 Å². The van der Waals surface area contributed by atoms with E-state index in [1.165, 1.54) is 4.90 Å². The zero-order valence-electron chi connectivity index (χ0n) is 21.2. The van der Waals surface area contributed by atoms with Crippen molar-refractivity contribution in [2.75, 3.05) is 13.1 Å². The van der Waals surface area contributed by atoms with Crippen LogP contribution in [-0.4, -0.2) is 45.7 Å². The van der Waals surface area contributed by atoms with Gasteiger partial charge in [-0.05, 0) is 62.9 Å². The number of aromatic nitrogens is 2. The van der Waals surface area contributed by atoms with Gasteiger partial charge >= 0.3 is 12.1 Å². The van der Waals surface area contributed by atoms with Crippen molar-refractivity contribution in [2.24, 2.45) is 18.9 Å². The van der Waals surface area contributed by atoms with Crippen molar-refractivity contribution in [3.05, 3.63) is 72.1 Å². The summed E-state index contributed by atoms with van der Waals surface area (Å²) in [4.78, 5) is 29.1. The number of carbonyl (C=O) groups excluding carboxylic acids is 1. The average Bonchev–Trinajstić information content (AvgIpc) is 3.42. The normalized spacial score (nSPS) is 17.7. The van der Waals surface area contributed by atoms with Crippen molar-refractivity contribution < 1.29 is 28.7 Å². The summed E-state index contributed by atoms with van der Waals surface area (Å²) < 4.78 is 13.5. The van der Waals surface area contributed by atoms with Crippen LogP contribution < -0.4 is 9.30 Å². The highest BCUT2D eigenvalue weighted by molar-refractivity contribution is 5.74. The fourth-order valence-corrected chi connectivity index (χ4v) is 4.52. The first-order valence-corrected chi connectivity index (χ1v) is 12.1. The van der Waals surface area contributed by atoms with Crippen LogP contribution in [0, 0.1) is 11.8 Å². The minimum absolute atomic E-state index is 0.161. The Labute approximate surface area is 211 Å². The number of imidazole rings is 1. The van der Waals surface area contributed by atoms with Crippen LogP contribution in [0.5, 0.6) is 5.75 Å². The van der Waals surface area contributed by atoms with E-state index in [9.17, 15) is 14.7 Å². The molecule has 1 aliphatic heterocycles. The van der Waals surface area contributed by atoms with E-state index in [1.54, 1.807) is 20.8 Å². The molecule has 8 nitrogen and oxygen atoms in total. The number of H-pyrrole nitrogens is 1. The van der Waals surface area contributed by atoms with Crippen LogP contribution in [0.2, 0.25) is 0 Å². The number of rotatable bonds is 7. The molecular weight excluding hydrogens is 458 g/mol. The second-order valence-electron chi connectivity index (χ2n) is 10.3. The Morgan fingerprint density at radius 2 is 1.78 bits per heavy atom. The molecule has 1 aromatic heterocycles. The summed E-state index contributed by atoms with van der Waals surface area (Å²) in [6.45, 7) is 6.33. The van der Waals surface area contributed by atoms with E-state index in [0.29, 0.717) is 19.6 Å². The third kappa shape index (κ3) is 6.05. The summed E-state index contributed by atoms with van der Waals surface area (Å²) >= 11 is 0. The van der Waals surface area contributed by atoms with Gasteiger partial charge in [0, 0.05) is 13.1 Å². The standard InChI is InChI=1S/C28H33N3O5/c1-28(2,3)36-27(34)31-16-21(24(17-31)26(32)33)14-19-10-12-23(13-11-19)35-18-22-15-29-25(30(22)4)20-8-6-5-7-9-20/h5-13,15,21,24H,14,16-18H2,1-4H3,(H,32,33)/p+1/t21-,24+/m1/s1. The molecule has 4 rings (SSSR count). The number of benzene rings is 2. The fraction of sp³-hybridized carbons (Fsp3) is 0.393. The second-order valence-corrected chi connectivity index (χ2v) is 10.3. The van der Waals surface area contributed by atoms with Gasteiger partial charge in [-0.2, -0.15) is 0 Å². The zero-order chi connectivity index (χ0) is 25.9. The van der Waals surface area contributed by atoms with E-state index in [2.05, 4.69) is 21.7 Å². The first-order valence-electron chi connectivity index (χ1n) is 12.1. The number of hydrogen-bond donors (Lipinski definition) is 2. The molecule has 2 N–H and O–H groups in total. The van der Waals surface area contributed by atoms with Crippen molar-refractivity contribution in [1.82, 2.24) is 9.88 Å². The lowest BCUT2D eigenvalue weighted by molar-refractivity contribution is -0.668. The maximum atomic E-state index is 12.5. The van der Waals surface area contributed by atoms with Crippen molar-refractivity contribution in [3.63, 3.8) is 0 Å². The minimum atomic E-state index is -0.889. The Kier molecular flexibility index (Phi) is 7.33. The molecule has 2 aromatic carbocycles. The second kappa shape index (κ2) is 10.4. The van der Waals surface area contributed by atoms with Crippen LogP contribution in [0.1, 0.15) is 32.0 Å². The van der Waals surface area contributed by atoms with E-state index >= 15 is 0 Å². The lowest BCUT2D eigenvalue weighted by atomic mass is 9.90. The average molecular weight is 493 g/mol. The van der Waals surface area contributed by atoms with Gasteiger partial charge in [0.25, 0.3) is 5.82 Å². The molecule has 0 radical (unpaired) electrons. The Morgan fingerprint density at radius 1 is 1.08 bits per heavy atom. The molecule has 2 heterocycles. The summed E-state index contributed by atoms with van der Waals surface area (Å²) in [5.41, 5.74) is 2.50. The van der Waals surface area contributed by atoms with Crippen LogP contribution >= 0.6 is 0 Å². The highest BCUT2D eigenvalue weighted by Crippen LogP contribution is 2.29. The van der Waals surface area contributed by atoms with Crippen molar-refractivity contribution >= 4 is 12.1 Å². The fourth-order valence-electron chi connectivity index (χ4n) is 4.52. The molecule has 0 saturated carbocycles. The number of nitrogens with zero attached hydrogens (tertiary/aromatic N) is 2. The summed E-state index contributed by atoms with van der Waals surface area (Å²) in [7, 11) is 2.00. The number of carboxylic acids is 1. The van der Waals surface area contributed by atoms with Gasteiger partial charge in [-0.3, -0.25) is 4.79 Å². The Balaban J connectivity index is 1.36. The molecule has 0 spiro atoms. The zero-order valence-corrected chi connectivity index (χ0v) is 21.2. The number of amides is 1. The van der Waals surface area contributed by atoms with Gasteiger partial charge < -0.3 is 19.5 Å². The molecule has 0 bridgehead atoms. The summed E-state index contributed by atoms with van der Waals surface area (Å²) in [6, 6.07) is 17.8. The lowest BCUT2D eigenvalue weighted by Gasteiger charge is -2.24. The van der Waals surface area contributed by atoms with Crippen LogP contribution in [0.15, 0.2) is 60.8 Å². The topological polar surface area (TPSA) is 95.7 Å². The third-order valence-electron chi connectivity index (χ3n) is 6.41. The van der Waals surface area contributed by atoms with Crippen LogP contribution in [0.25, 0.3) is 11.4 Å². The predicted octanol–water partition coefficient (Wildman–Crippen LogP) is 4.20. The Hall–Kier alpha value is -3.81. The minimum Gasteiger partial charge on any atom is -0.485 e. The number of ether oxygens (including phenoxy) is 2. The number of carboxylic acid groups (broad SMARTS) is 1. The Bertz CT molecular complexity index is 1200. The van der Waals surface area contributed by atoms with Gasteiger partial charge in [0.2, 0.25) is 0 Å². The van der Waals surface area contributed by atoms with Crippen molar-refractivity contribution in [3.8, 4) is 17.1 Å². The monoisotopic (exact) mass is 492 g/mol.